The molecule has 1 aromatic carbocycles. The van der Waals surface area contributed by atoms with Crippen LogP contribution in [-0.2, 0) is 16.1 Å². The van der Waals surface area contributed by atoms with Crippen LogP contribution in [0.2, 0.25) is 0 Å². The molecule has 2 aliphatic heterocycles. The Hall–Kier alpha value is -4.05. The average Bonchev–Trinajstić information content (AvgIpc) is 3.63. The molecule has 1 amide bonds. The molecule has 6 rings (SSSR count). The van der Waals surface area contributed by atoms with Gasteiger partial charge in [-0.15, -0.1) is 5.10 Å². The molecular formula is C25H25N7O3. The third kappa shape index (κ3) is 3.85. The first-order valence-corrected chi connectivity index (χ1v) is 11.6. The Bertz CT molecular complexity index is 1410. The van der Waals surface area contributed by atoms with Crippen LogP contribution in [0.5, 0.6) is 5.88 Å². The molecule has 3 aromatic heterocycles. The summed E-state index contributed by atoms with van der Waals surface area (Å²) < 4.78 is 15.4. The molecule has 0 bridgehead atoms. The van der Waals surface area contributed by atoms with Crippen LogP contribution in [-0.4, -0.2) is 55.5 Å². The fourth-order valence-corrected chi connectivity index (χ4v) is 4.63. The van der Waals surface area contributed by atoms with Crippen LogP contribution < -0.4 is 9.64 Å². The highest BCUT2D eigenvalue weighted by molar-refractivity contribution is 5.95. The number of anilines is 1. The standard InChI is InChI=1S/C25H25N7O3/c1-16-14-30(15-26-16)20-9-8-19(27-25(20)34-2)23-28-24-22(35-12-11-32(24)29-23)17-5-3-6-18(13-17)31-10-4-7-21(31)33/h3,5-6,8-9,13-15,22H,4,7,10-12H2,1-2H3/t22-/m0/s1. The normalized spacial score (nSPS) is 17.6. The van der Waals surface area contributed by atoms with Gasteiger partial charge in [0.05, 0.1) is 32.3 Å². The van der Waals surface area contributed by atoms with Crippen molar-refractivity contribution in [1.29, 1.82) is 0 Å². The van der Waals surface area contributed by atoms with Gasteiger partial charge in [-0.2, -0.15) is 0 Å². The monoisotopic (exact) mass is 471 g/mol. The molecule has 10 heteroatoms. The molecule has 178 valence electrons. The highest BCUT2D eigenvalue weighted by Crippen LogP contribution is 2.33. The van der Waals surface area contributed by atoms with Crippen molar-refractivity contribution in [3.8, 4) is 23.1 Å². The third-order valence-electron chi connectivity index (χ3n) is 6.33. The van der Waals surface area contributed by atoms with Gasteiger partial charge in [0.15, 0.2) is 11.6 Å². The van der Waals surface area contributed by atoms with Gasteiger partial charge in [-0.05, 0) is 43.2 Å². The van der Waals surface area contributed by atoms with Gasteiger partial charge in [0.1, 0.15) is 17.5 Å². The van der Waals surface area contributed by atoms with Crippen LogP contribution in [0, 0.1) is 6.92 Å². The van der Waals surface area contributed by atoms with Gasteiger partial charge in [-0.25, -0.2) is 19.6 Å². The number of hydrogen-bond acceptors (Lipinski definition) is 7. The van der Waals surface area contributed by atoms with Crippen molar-refractivity contribution in [2.45, 2.75) is 32.4 Å². The maximum atomic E-state index is 12.2. The molecule has 4 aromatic rings. The van der Waals surface area contributed by atoms with Crippen LogP contribution >= 0.6 is 0 Å². The minimum absolute atomic E-state index is 0.159. The van der Waals surface area contributed by atoms with Crippen molar-refractivity contribution >= 4 is 11.6 Å². The maximum Gasteiger partial charge on any atom is 0.238 e. The number of carbonyl (C=O) groups is 1. The van der Waals surface area contributed by atoms with Crippen molar-refractivity contribution in [2.24, 2.45) is 0 Å². The van der Waals surface area contributed by atoms with E-state index in [2.05, 4.69) is 9.97 Å². The quantitative estimate of drug-likeness (QED) is 0.441. The van der Waals surface area contributed by atoms with E-state index in [-0.39, 0.29) is 12.0 Å². The van der Waals surface area contributed by atoms with E-state index in [1.165, 1.54) is 0 Å². The van der Waals surface area contributed by atoms with Gasteiger partial charge in [0.25, 0.3) is 0 Å². The molecule has 35 heavy (non-hydrogen) atoms. The van der Waals surface area contributed by atoms with E-state index >= 15 is 0 Å². The molecule has 0 aliphatic carbocycles. The van der Waals surface area contributed by atoms with E-state index in [1.54, 1.807) is 13.4 Å². The topological polar surface area (TPSA) is 100 Å². The predicted molar refractivity (Wildman–Crippen MR) is 127 cm³/mol. The smallest absolute Gasteiger partial charge is 0.238 e. The number of carbonyl (C=O) groups excluding carboxylic acids is 1. The first-order chi connectivity index (χ1) is 17.1. The summed E-state index contributed by atoms with van der Waals surface area (Å²) in [4.78, 5) is 27.8. The zero-order valence-electron chi connectivity index (χ0n) is 19.6. The number of imidazole rings is 1. The Morgan fingerprint density at radius 1 is 1.14 bits per heavy atom. The molecule has 0 spiro atoms. The van der Waals surface area contributed by atoms with Crippen molar-refractivity contribution in [1.82, 2.24) is 29.3 Å². The number of benzene rings is 1. The molecular weight excluding hydrogens is 446 g/mol. The lowest BCUT2D eigenvalue weighted by atomic mass is 10.1. The van der Waals surface area contributed by atoms with E-state index < -0.39 is 0 Å². The molecule has 1 atom stereocenters. The van der Waals surface area contributed by atoms with E-state index in [4.69, 9.17) is 19.6 Å². The molecule has 5 heterocycles. The number of aromatic nitrogens is 6. The molecule has 2 aliphatic rings. The first kappa shape index (κ1) is 21.5. The van der Waals surface area contributed by atoms with Crippen molar-refractivity contribution in [3.05, 3.63) is 66.0 Å². The molecule has 10 nitrogen and oxygen atoms in total. The lowest BCUT2D eigenvalue weighted by Gasteiger charge is -2.24. The highest BCUT2D eigenvalue weighted by atomic mass is 16.5. The SMILES string of the molecule is COc1nc(-c2nc3n(n2)CCO[C@H]3c2cccc(N3CCCC3=O)c2)ccc1-n1cnc(C)c1. The number of nitrogens with zero attached hydrogens (tertiary/aromatic N) is 7. The van der Waals surface area contributed by atoms with Crippen molar-refractivity contribution in [2.75, 3.05) is 25.2 Å². The Morgan fingerprint density at radius 3 is 2.83 bits per heavy atom. The highest BCUT2D eigenvalue weighted by Gasteiger charge is 2.29. The Kier molecular flexibility index (Phi) is 5.29. The van der Waals surface area contributed by atoms with Gasteiger partial charge in [-0.1, -0.05) is 12.1 Å². The maximum absolute atomic E-state index is 12.2. The number of methoxy groups -OCH3 is 1. The number of rotatable bonds is 5. The molecule has 0 N–H and O–H groups in total. The van der Waals surface area contributed by atoms with Crippen molar-refractivity contribution < 1.29 is 14.3 Å². The zero-order chi connectivity index (χ0) is 23.9. The lowest BCUT2D eigenvalue weighted by molar-refractivity contribution is -0.117. The number of hydrogen-bond donors (Lipinski definition) is 0. The fourth-order valence-electron chi connectivity index (χ4n) is 4.63. The summed E-state index contributed by atoms with van der Waals surface area (Å²) in [5.41, 5.74) is 4.14. The second kappa shape index (κ2) is 8.62. The molecule has 0 saturated carbocycles. The number of ether oxygens (including phenoxy) is 2. The number of amides is 1. The summed E-state index contributed by atoms with van der Waals surface area (Å²) in [5, 5.41) is 4.71. The van der Waals surface area contributed by atoms with Gasteiger partial charge < -0.3 is 18.9 Å². The zero-order valence-corrected chi connectivity index (χ0v) is 19.6. The van der Waals surface area contributed by atoms with Crippen LogP contribution in [0.1, 0.15) is 36.0 Å². The van der Waals surface area contributed by atoms with Crippen molar-refractivity contribution in [3.63, 3.8) is 0 Å². The second-order valence-electron chi connectivity index (χ2n) is 8.66. The van der Waals surface area contributed by atoms with Gasteiger partial charge >= 0.3 is 0 Å². The van der Waals surface area contributed by atoms with Gasteiger partial charge in [0.2, 0.25) is 11.8 Å². The Labute approximate surface area is 202 Å². The second-order valence-corrected chi connectivity index (χ2v) is 8.66. The molecule has 0 radical (unpaired) electrons. The van der Waals surface area contributed by atoms with Crippen LogP contribution in [0.4, 0.5) is 5.69 Å². The molecule has 0 unspecified atom stereocenters. The lowest BCUT2D eigenvalue weighted by Crippen LogP contribution is -2.25. The van der Waals surface area contributed by atoms with Crippen LogP contribution in [0.15, 0.2) is 48.9 Å². The summed E-state index contributed by atoms with van der Waals surface area (Å²) in [7, 11) is 1.59. The summed E-state index contributed by atoms with van der Waals surface area (Å²) in [6.45, 7) is 3.80. The fraction of sp³-hybridized carbons (Fsp3) is 0.320. The minimum Gasteiger partial charge on any atom is -0.479 e. The first-order valence-electron chi connectivity index (χ1n) is 11.6. The minimum atomic E-state index is -0.377. The molecule has 1 saturated heterocycles. The van der Waals surface area contributed by atoms with Crippen LogP contribution in [0.25, 0.3) is 17.2 Å². The predicted octanol–water partition coefficient (Wildman–Crippen LogP) is 3.09. The summed E-state index contributed by atoms with van der Waals surface area (Å²) >= 11 is 0. The van der Waals surface area contributed by atoms with E-state index in [1.807, 2.05) is 63.7 Å². The number of pyridine rings is 1. The number of fused-ring (bicyclic) bond motifs is 1. The molecule has 1 fully saturated rings. The van der Waals surface area contributed by atoms with E-state index in [0.29, 0.717) is 42.8 Å². The third-order valence-corrected chi connectivity index (χ3v) is 6.33. The van der Waals surface area contributed by atoms with E-state index in [9.17, 15) is 4.79 Å². The number of aryl methyl sites for hydroxylation is 1. The largest absolute Gasteiger partial charge is 0.479 e. The summed E-state index contributed by atoms with van der Waals surface area (Å²) in [6, 6.07) is 11.7. The summed E-state index contributed by atoms with van der Waals surface area (Å²) in [5.74, 6) is 1.84. The Balaban J connectivity index is 1.34. The van der Waals surface area contributed by atoms with E-state index in [0.717, 1.165) is 35.6 Å². The Morgan fingerprint density at radius 2 is 2.06 bits per heavy atom. The van der Waals surface area contributed by atoms with Gasteiger partial charge in [-0.3, -0.25) is 4.79 Å². The van der Waals surface area contributed by atoms with Crippen LogP contribution in [0.3, 0.4) is 0 Å². The average molecular weight is 472 g/mol. The van der Waals surface area contributed by atoms with Gasteiger partial charge in [0, 0.05) is 24.8 Å². The summed E-state index contributed by atoms with van der Waals surface area (Å²) in [6.07, 6.45) is 4.75.